The highest BCUT2D eigenvalue weighted by Gasteiger charge is 2.25. The molecule has 1 N–H and O–H groups in total. The summed E-state index contributed by atoms with van der Waals surface area (Å²) in [5, 5.41) is 4.76. The molecule has 2 amide bonds. The van der Waals surface area contributed by atoms with Gasteiger partial charge in [-0.1, -0.05) is 48.5 Å². The molecule has 1 unspecified atom stereocenters. The van der Waals surface area contributed by atoms with Crippen LogP contribution in [0, 0.1) is 0 Å². The van der Waals surface area contributed by atoms with E-state index in [1.165, 1.54) is 11.3 Å². The Morgan fingerprint density at radius 2 is 1.79 bits per heavy atom. The Hall–Kier alpha value is -3.12. The number of thiophene rings is 1. The average Bonchev–Trinajstić information content (AvgIpc) is 3.28. The largest absolute Gasteiger partial charge is 0.497 e. The van der Waals surface area contributed by atoms with E-state index in [2.05, 4.69) is 5.32 Å². The maximum Gasteiger partial charge on any atom is 0.262 e. The summed E-state index contributed by atoms with van der Waals surface area (Å²) in [6.45, 7) is 0.427. The van der Waals surface area contributed by atoms with E-state index in [4.69, 9.17) is 4.74 Å². The zero-order valence-electron chi connectivity index (χ0n) is 16.5. The third kappa shape index (κ3) is 5.68. The first-order chi connectivity index (χ1) is 14.1. The summed E-state index contributed by atoms with van der Waals surface area (Å²) in [5.41, 5.74) is 1.95. The monoisotopic (exact) mass is 408 g/mol. The number of ether oxygens (including phenoxy) is 1. The van der Waals surface area contributed by atoms with E-state index in [1.54, 1.807) is 25.1 Å². The minimum absolute atomic E-state index is 0.137. The molecule has 0 saturated carbocycles. The normalized spacial score (nSPS) is 11.5. The van der Waals surface area contributed by atoms with E-state index in [1.807, 2.05) is 66.0 Å². The summed E-state index contributed by atoms with van der Waals surface area (Å²) in [5.74, 6) is 0.376. The molecular weight excluding hydrogens is 384 g/mol. The summed E-state index contributed by atoms with van der Waals surface area (Å²) in [6, 6.07) is 20.2. The SMILES string of the molecule is COc1cccc(CN(C)C(=O)C(Cc2ccccc2)NC(=O)c2cccs2)c1. The summed E-state index contributed by atoms with van der Waals surface area (Å²) < 4.78 is 5.26. The lowest BCUT2D eigenvalue weighted by atomic mass is 10.0. The lowest BCUT2D eigenvalue weighted by molar-refractivity contribution is -0.132. The molecule has 0 aliphatic rings. The summed E-state index contributed by atoms with van der Waals surface area (Å²) in [4.78, 5) is 28.0. The van der Waals surface area contributed by atoms with Crippen molar-refractivity contribution in [1.82, 2.24) is 10.2 Å². The predicted octanol–water partition coefficient (Wildman–Crippen LogP) is 3.76. The highest BCUT2D eigenvalue weighted by Crippen LogP contribution is 2.15. The molecular formula is C23H24N2O3S. The van der Waals surface area contributed by atoms with Crippen molar-refractivity contribution in [2.24, 2.45) is 0 Å². The lowest BCUT2D eigenvalue weighted by Crippen LogP contribution is -2.48. The first kappa shape index (κ1) is 20.6. The van der Waals surface area contributed by atoms with Crippen molar-refractivity contribution in [1.29, 1.82) is 0 Å². The smallest absolute Gasteiger partial charge is 0.262 e. The molecule has 1 aromatic heterocycles. The van der Waals surface area contributed by atoms with Crippen LogP contribution < -0.4 is 10.1 Å². The molecule has 150 valence electrons. The van der Waals surface area contributed by atoms with Crippen molar-refractivity contribution in [3.63, 3.8) is 0 Å². The minimum Gasteiger partial charge on any atom is -0.497 e. The van der Waals surface area contributed by atoms with Gasteiger partial charge in [-0.25, -0.2) is 0 Å². The summed E-state index contributed by atoms with van der Waals surface area (Å²) in [6.07, 6.45) is 0.430. The second kappa shape index (κ2) is 9.89. The van der Waals surface area contributed by atoms with Crippen LogP contribution in [0.1, 0.15) is 20.8 Å². The number of benzene rings is 2. The van der Waals surface area contributed by atoms with Gasteiger partial charge >= 0.3 is 0 Å². The van der Waals surface area contributed by atoms with Crippen LogP contribution in [0.15, 0.2) is 72.1 Å². The predicted molar refractivity (Wildman–Crippen MR) is 115 cm³/mol. The number of nitrogens with one attached hydrogen (secondary N) is 1. The van der Waals surface area contributed by atoms with Crippen molar-refractivity contribution >= 4 is 23.2 Å². The standard InChI is InChI=1S/C23H24N2O3S/c1-25(16-18-10-6-11-19(14-18)28-2)23(27)20(15-17-8-4-3-5-9-17)24-22(26)21-12-7-13-29-21/h3-14,20H,15-16H2,1-2H3,(H,24,26). The van der Waals surface area contributed by atoms with E-state index < -0.39 is 6.04 Å². The molecule has 2 aromatic carbocycles. The van der Waals surface area contributed by atoms with Crippen LogP contribution in [0.25, 0.3) is 0 Å². The van der Waals surface area contributed by atoms with E-state index in [9.17, 15) is 9.59 Å². The second-order valence-electron chi connectivity index (χ2n) is 6.74. The molecule has 0 aliphatic heterocycles. The average molecular weight is 409 g/mol. The zero-order chi connectivity index (χ0) is 20.6. The number of carbonyl (C=O) groups excluding carboxylic acids is 2. The molecule has 1 atom stereocenters. The van der Waals surface area contributed by atoms with Crippen molar-refractivity contribution in [2.75, 3.05) is 14.2 Å². The fraction of sp³-hybridized carbons (Fsp3) is 0.217. The van der Waals surface area contributed by atoms with Gasteiger partial charge in [0.15, 0.2) is 0 Å². The number of likely N-dealkylation sites (N-methyl/N-ethyl adjacent to an activating group) is 1. The Morgan fingerprint density at radius 1 is 1.03 bits per heavy atom. The van der Waals surface area contributed by atoms with Crippen LogP contribution in [0.4, 0.5) is 0 Å². The Kier molecular flexibility index (Phi) is 7.03. The maximum absolute atomic E-state index is 13.2. The van der Waals surface area contributed by atoms with Crippen LogP contribution in [0.5, 0.6) is 5.75 Å². The number of amides is 2. The topological polar surface area (TPSA) is 58.6 Å². The van der Waals surface area contributed by atoms with Crippen LogP contribution in [-0.2, 0) is 17.8 Å². The number of hydrogen-bond acceptors (Lipinski definition) is 4. The van der Waals surface area contributed by atoms with Gasteiger partial charge in [0.25, 0.3) is 5.91 Å². The Bertz CT molecular complexity index is 942. The van der Waals surface area contributed by atoms with Gasteiger partial charge in [0.2, 0.25) is 5.91 Å². The lowest BCUT2D eigenvalue weighted by Gasteiger charge is -2.25. The molecule has 3 aromatic rings. The summed E-state index contributed by atoms with van der Waals surface area (Å²) >= 11 is 1.36. The van der Waals surface area contributed by atoms with Crippen molar-refractivity contribution in [2.45, 2.75) is 19.0 Å². The third-order valence-corrected chi connectivity index (χ3v) is 5.43. The summed E-state index contributed by atoms with van der Waals surface area (Å²) in [7, 11) is 3.36. The number of methoxy groups -OCH3 is 1. The molecule has 0 radical (unpaired) electrons. The Morgan fingerprint density at radius 3 is 2.48 bits per heavy atom. The third-order valence-electron chi connectivity index (χ3n) is 4.56. The number of hydrogen-bond donors (Lipinski definition) is 1. The van der Waals surface area contributed by atoms with Gasteiger partial charge in [0.1, 0.15) is 11.8 Å². The molecule has 0 spiro atoms. The first-order valence-electron chi connectivity index (χ1n) is 9.33. The molecule has 3 rings (SSSR count). The van der Waals surface area contributed by atoms with Gasteiger partial charge in [-0.05, 0) is 34.7 Å². The quantitative estimate of drug-likeness (QED) is 0.617. The van der Waals surface area contributed by atoms with Gasteiger partial charge < -0.3 is 15.0 Å². The van der Waals surface area contributed by atoms with Crippen LogP contribution >= 0.6 is 11.3 Å². The Labute approximate surface area is 174 Å². The van der Waals surface area contributed by atoms with E-state index >= 15 is 0 Å². The molecule has 1 heterocycles. The van der Waals surface area contributed by atoms with E-state index in [0.29, 0.717) is 17.8 Å². The maximum atomic E-state index is 13.2. The molecule has 0 aliphatic carbocycles. The van der Waals surface area contributed by atoms with Crippen LogP contribution in [0.2, 0.25) is 0 Å². The van der Waals surface area contributed by atoms with Gasteiger partial charge in [-0.3, -0.25) is 9.59 Å². The van der Waals surface area contributed by atoms with Crippen molar-refractivity contribution in [3.05, 3.63) is 88.1 Å². The molecule has 29 heavy (non-hydrogen) atoms. The fourth-order valence-electron chi connectivity index (χ4n) is 3.08. The second-order valence-corrected chi connectivity index (χ2v) is 7.69. The molecule has 0 saturated heterocycles. The zero-order valence-corrected chi connectivity index (χ0v) is 17.3. The van der Waals surface area contributed by atoms with Gasteiger partial charge in [-0.15, -0.1) is 11.3 Å². The Balaban J connectivity index is 1.75. The molecule has 6 heteroatoms. The van der Waals surface area contributed by atoms with E-state index in [-0.39, 0.29) is 11.8 Å². The number of rotatable bonds is 8. The molecule has 5 nitrogen and oxygen atoms in total. The van der Waals surface area contributed by atoms with Gasteiger partial charge in [-0.2, -0.15) is 0 Å². The minimum atomic E-state index is -0.650. The number of carbonyl (C=O) groups is 2. The van der Waals surface area contributed by atoms with E-state index in [0.717, 1.165) is 16.9 Å². The highest BCUT2D eigenvalue weighted by atomic mass is 32.1. The number of nitrogens with zero attached hydrogens (tertiary/aromatic N) is 1. The van der Waals surface area contributed by atoms with Crippen molar-refractivity contribution in [3.8, 4) is 5.75 Å². The van der Waals surface area contributed by atoms with Crippen molar-refractivity contribution < 1.29 is 14.3 Å². The fourth-order valence-corrected chi connectivity index (χ4v) is 3.70. The highest BCUT2D eigenvalue weighted by molar-refractivity contribution is 7.12. The molecule has 0 bridgehead atoms. The first-order valence-corrected chi connectivity index (χ1v) is 10.2. The molecule has 0 fully saturated rings. The van der Waals surface area contributed by atoms with Crippen LogP contribution in [-0.4, -0.2) is 36.9 Å². The van der Waals surface area contributed by atoms with Gasteiger partial charge in [0.05, 0.1) is 12.0 Å². The van der Waals surface area contributed by atoms with Crippen LogP contribution in [0.3, 0.4) is 0 Å². The van der Waals surface area contributed by atoms with Gasteiger partial charge in [0, 0.05) is 20.0 Å².